The monoisotopic (exact) mass is 645 g/mol. The molecule has 10 aromatic carbocycles. The van der Waals surface area contributed by atoms with Crippen molar-refractivity contribution >= 4 is 53.9 Å². The van der Waals surface area contributed by atoms with Crippen LogP contribution in [0.2, 0.25) is 0 Å². The molecule has 1 aliphatic rings. The molecule has 0 N–H and O–H groups in total. The molecule has 0 bridgehead atoms. The molecule has 10 aromatic rings. The minimum Gasteiger partial charge on any atom is -0.456 e. The largest absolute Gasteiger partial charge is 0.456 e. The van der Waals surface area contributed by atoms with Crippen LogP contribution in [0, 0.1) is 11.3 Å². The molecular formula is C49H27NO. The summed E-state index contributed by atoms with van der Waals surface area (Å²) in [5, 5.41) is 21.7. The van der Waals surface area contributed by atoms with Gasteiger partial charge in [-0.15, -0.1) is 0 Å². The van der Waals surface area contributed by atoms with Gasteiger partial charge in [0.1, 0.15) is 11.5 Å². The Morgan fingerprint density at radius 2 is 0.882 bits per heavy atom. The van der Waals surface area contributed by atoms with Crippen molar-refractivity contribution in [2.45, 2.75) is 0 Å². The number of rotatable bonds is 3. The van der Waals surface area contributed by atoms with Crippen LogP contribution in [0.15, 0.2) is 164 Å². The first-order valence-electron chi connectivity index (χ1n) is 17.3. The minimum atomic E-state index is 0.663. The molecule has 1 heterocycles. The first-order valence-corrected chi connectivity index (χ1v) is 17.3. The van der Waals surface area contributed by atoms with Gasteiger partial charge in [0.25, 0.3) is 0 Å². The van der Waals surface area contributed by atoms with Crippen LogP contribution in [0.4, 0.5) is 0 Å². The van der Waals surface area contributed by atoms with E-state index in [2.05, 4.69) is 140 Å². The Labute approximate surface area is 294 Å². The van der Waals surface area contributed by atoms with Gasteiger partial charge < -0.3 is 4.74 Å². The SMILES string of the molecule is N#Cc1ccc2c3c(cccc13)Oc1cc(-c3ccc4cc(-c5cc6ccc7cc(-c8ccccc8)cc8ccc(c5)c6c78)ccc4c3)ccc1-2. The highest BCUT2D eigenvalue weighted by Crippen LogP contribution is 2.48. The molecule has 0 fully saturated rings. The first kappa shape index (κ1) is 27.9. The molecular weight excluding hydrogens is 619 g/mol. The molecule has 2 nitrogen and oxygen atoms in total. The fourth-order valence-corrected chi connectivity index (χ4v) is 8.31. The summed E-state index contributed by atoms with van der Waals surface area (Å²) < 4.78 is 6.45. The minimum absolute atomic E-state index is 0.663. The Morgan fingerprint density at radius 1 is 0.353 bits per heavy atom. The van der Waals surface area contributed by atoms with Gasteiger partial charge in [0.2, 0.25) is 0 Å². The van der Waals surface area contributed by atoms with E-state index >= 15 is 0 Å². The smallest absolute Gasteiger partial charge is 0.135 e. The maximum absolute atomic E-state index is 9.65. The van der Waals surface area contributed by atoms with E-state index in [0.29, 0.717) is 5.56 Å². The molecule has 2 heteroatoms. The van der Waals surface area contributed by atoms with Crippen LogP contribution >= 0.6 is 0 Å². The van der Waals surface area contributed by atoms with Crippen molar-refractivity contribution in [3.05, 3.63) is 169 Å². The third-order valence-electron chi connectivity index (χ3n) is 10.8. The molecule has 0 atom stereocenters. The molecule has 0 amide bonds. The maximum Gasteiger partial charge on any atom is 0.135 e. The highest BCUT2D eigenvalue weighted by molar-refractivity contribution is 6.24. The van der Waals surface area contributed by atoms with Gasteiger partial charge in [-0.2, -0.15) is 5.26 Å². The number of nitriles is 1. The zero-order valence-corrected chi connectivity index (χ0v) is 27.4. The second-order valence-corrected chi connectivity index (χ2v) is 13.6. The summed E-state index contributed by atoms with van der Waals surface area (Å²) in [6.07, 6.45) is 0. The summed E-state index contributed by atoms with van der Waals surface area (Å²) in [4.78, 5) is 0. The molecule has 0 radical (unpaired) electrons. The van der Waals surface area contributed by atoms with E-state index in [0.717, 1.165) is 44.5 Å². The molecule has 0 aliphatic carbocycles. The average molecular weight is 646 g/mol. The fourth-order valence-electron chi connectivity index (χ4n) is 8.31. The van der Waals surface area contributed by atoms with E-state index < -0.39 is 0 Å². The summed E-state index contributed by atoms with van der Waals surface area (Å²) in [5.41, 5.74) is 9.98. The number of ether oxygens (including phenoxy) is 1. The number of hydrogen-bond donors (Lipinski definition) is 0. The van der Waals surface area contributed by atoms with Crippen molar-refractivity contribution in [2.24, 2.45) is 0 Å². The van der Waals surface area contributed by atoms with Crippen LogP contribution in [0.1, 0.15) is 5.56 Å². The van der Waals surface area contributed by atoms with E-state index in [1.54, 1.807) is 0 Å². The molecule has 51 heavy (non-hydrogen) atoms. The topological polar surface area (TPSA) is 33.0 Å². The molecule has 0 unspecified atom stereocenters. The Kier molecular flexibility index (Phi) is 5.77. The quantitative estimate of drug-likeness (QED) is 0.179. The lowest BCUT2D eigenvalue weighted by Gasteiger charge is -2.22. The molecule has 0 aromatic heterocycles. The van der Waals surface area contributed by atoms with Crippen LogP contribution in [0.5, 0.6) is 11.5 Å². The molecule has 0 spiro atoms. The molecule has 11 rings (SSSR count). The predicted molar refractivity (Wildman–Crippen MR) is 212 cm³/mol. The van der Waals surface area contributed by atoms with Crippen LogP contribution in [0.25, 0.3) is 98.4 Å². The Bertz CT molecular complexity index is 3050. The van der Waals surface area contributed by atoms with E-state index in [4.69, 9.17) is 4.74 Å². The van der Waals surface area contributed by atoms with Crippen molar-refractivity contribution in [3.63, 3.8) is 0 Å². The number of fused-ring (bicyclic) bond motifs is 3. The normalized spacial score (nSPS) is 12.1. The third kappa shape index (κ3) is 4.22. The Hall–Kier alpha value is -6.95. The highest BCUT2D eigenvalue weighted by atomic mass is 16.5. The Morgan fingerprint density at radius 3 is 1.53 bits per heavy atom. The summed E-state index contributed by atoms with van der Waals surface area (Å²) in [7, 11) is 0. The highest BCUT2D eigenvalue weighted by Gasteiger charge is 2.22. The number of benzene rings is 10. The van der Waals surface area contributed by atoms with Gasteiger partial charge in [0, 0.05) is 16.3 Å². The predicted octanol–water partition coefficient (Wildman–Crippen LogP) is 13.5. The zero-order chi connectivity index (χ0) is 33.6. The second kappa shape index (κ2) is 10.5. The number of hydrogen-bond acceptors (Lipinski definition) is 2. The van der Waals surface area contributed by atoms with Crippen molar-refractivity contribution in [2.75, 3.05) is 0 Å². The first-order chi connectivity index (χ1) is 25.2. The van der Waals surface area contributed by atoms with Crippen LogP contribution in [-0.2, 0) is 0 Å². The van der Waals surface area contributed by atoms with Crippen LogP contribution < -0.4 is 4.74 Å². The van der Waals surface area contributed by atoms with E-state index in [9.17, 15) is 5.26 Å². The van der Waals surface area contributed by atoms with E-state index in [-0.39, 0.29) is 0 Å². The summed E-state index contributed by atoms with van der Waals surface area (Å²) in [5.74, 6) is 1.62. The lowest BCUT2D eigenvalue weighted by Crippen LogP contribution is -1.98. The van der Waals surface area contributed by atoms with Gasteiger partial charge >= 0.3 is 0 Å². The van der Waals surface area contributed by atoms with Gasteiger partial charge in [-0.25, -0.2) is 0 Å². The number of nitrogens with zero attached hydrogens (tertiary/aromatic N) is 1. The lowest BCUT2D eigenvalue weighted by atomic mass is 9.89. The summed E-state index contributed by atoms with van der Waals surface area (Å²) in [6.45, 7) is 0. The van der Waals surface area contributed by atoms with Gasteiger partial charge in [-0.05, 0) is 143 Å². The molecule has 234 valence electrons. The average Bonchev–Trinajstić information content (AvgIpc) is 3.19. The summed E-state index contributed by atoms with van der Waals surface area (Å²) >= 11 is 0. The van der Waals surface area contributed by atoms with Crippen molar-refractivity contribution in [1.82, 2.24) is 0 Å². The van der Waals surface area contributed by atoms with Gasteiger partial charge in [0.15, 0.2) is 0 Å². The van der Waals surface area contributed by atoms with E-state index in [1.165, 1.54) is 65.3 Å². The van der Waals surface area contributed by atoms with Gasteiger partial charge in [0.05, 0.1) is 11.6 Å². The standard InChI is InChI=1S/C49H27NO/c50-28-39-18-20-44-43-19-17-34(27-46(43)51-45-8-4-7-42(39)49(44)45)32-10-9-31-22-33(12-11-30(31)21-32)41-25-37-15-13-35-23-40(29-5-2-1-3-6-29)24-36-14-16-38(26-41)48(37)47(35)36/h1-27H. The van der Waals surface area contributed by atoms with Gasteiger partial charge in [-0.1, -0.05) is 103 Å². The fraction of sp³-hybridized carbons (Fsp3) is 0. The lowest BCUT2D eigenvalue weighted by molar-refractivity contribution is 0.487. The molecule has 1 aliphatic heterocycles. The van der Waals surface area contributed by atoms with Crippen molar-refractivity contribution in [3.8, 4) is 62.1 Å². The molecule has 0 saturated carbocycles. The third-order valence-corrected chi connectivity index (χ3v) is 10.8. The second-order valence-electron chi connectivity index (χ2n) is 13.6. The van der Waals surface area contributed by atoms with Crippen LogP contribution in [0.3, 0.4) is 0 Å². The molecule has 0 saturated heterocycles. The van der Waals surface area contributed by atoms with Crippen molar-refractivity contribution < 1.29 is 4.74 Å². The maximum atomic E-state index is 9.65. The van der Waals surface area contributed by atoms with Crippen LogP contribution in [-0.4, -0.2) is 0 Å². The van der Waals surface area contributed by atoms with Crippen molar-refractivity contribution in [1.29, 1.82) is 5.26 Å². The summed E-state index contributed by atoms with van der Waals surface area (Å²) in [6, 6.07) is 61.2. The van der Waals surface area contributed by atoms with E-state index in [1.807, 2.05) is 30.3 Å². The zero-order valence-electron chi connectivity index (χ0n) is 27.4. The Balaban J connectivity index is 0.952. The van der Waals surface area contributed by atoms with Gasteiger partial charge in [-0.3, -0.25) is 0 Å².